The fraction of sp³-hybridized carbons (Fsp3) is 0.357. The highest BCUT2D eigenvalue weighted by molar-refractivity contribution is 14.0. The summed E-state index contributed by atoms with van der Waals surface area (Å²) >= 11 is 7.06. The normalized spacial score (nSPS) is 11.0. The summed E-state index contributed by atoms with van der Waals surface area (Å²) in [6.45, 7) is 1.80. The molecule has 21 heavy (non-hydrogen) atoms. The van der Waals surface area contributed by atoms with E-state index in [1.807, 2.05) is 7.05 Å². The molecule has 0 amide bonds. The van der Waals surface area contributed by atoms with Crippen LogP contribution >= 0.6 is 62.6 Å². The molecule has 2 aromatic heterocycles. The van der Waals surface area contributed by atoms with E-state index in [0.717, 1.165) is 31.9 Å². The molecule has 0 atom stereocenters. The zero-order valence-electron chi connectivity index (χ0n) is 11.8. The van der Waals surface area contributed by atoms with E-state index >= 15 is 0 Å². The van der Waals surface area contributed by atoms with E-state index in [9.17, 15) is 0 Å². The molecule has 2 rings (SSSR count). The Balaban J connectivity index is 0.00000220. The van der Waals surface area contributed by atoms with Gasteiger partial charge in [0.05, 0.1) is 3.79 Å². The van der Waals surface area contributed by atoms with E-state index in [1.54, 1.807) is 22.7 Å². The first-order valence-electron chi connectivity index (χ1n) is 6.49. The van der Waals surface area contributed by atoms with Crippen molar-refractivity contribution in [2.45, 2.75) is 12.8 Å². The van der Waals surface area contributed by atoms with Crippen LogP contribution in [0, 0.1) is 0 Å². The van der Waals surface area contributed by atoms with Crippen LogP contribution in [0.1, 0.15) is 9.75 Å². The number of aliphatic imine (C=N–C) groups is 1. The molecule has 0 fully saturated rings. The van der Waals surface area contributed by atoms with E-state index < -0.39 is 0 Å². The number of hydrogen-bond donors (Lipinski definition) is 2. The number of guanidine groups is 1. The van der Waals surface area contributed by atoms with Crippen LogP contribution < -0.4 is 10.6 Å². The van der Waals surface area contributed by atoms with Gasteiger partial charge in [0.15, 0.2) is 5.96 Å². The molecule has 2 aromatic rings. The summed E-state index contributed by atoms with van der Waals surface area (Å²) in [5, 5.41) is 8.79. The van der Waals surface area contributed by atoms with Crippen molar-refractivity contribution in [2.75, 3.05) is 20.1 Å². The van der Waals surface area contributed by atoms with Crippen LogP contribution in [0.3, 0.4) is 0 Å². The molecule has 3 nitrogen and oxygen atoms in total. The molecule has 0 saturated heterocycles. The summed E-state index contributed by atoms with van der Waals surface area (Å²) in [7, 11) is 1.81. The number of rotatable bonds is 6. The fourth-order valence-corrected chi connectivity index (χ4v) is 3.96. The van der Waals surface area contributed by atoms with Crippen molar-refractivity contribution in [3.8, 4) is 0 Å². The van der Waals surface area contributed by atoms with Crippen molar-refractivity contribution >= 4 is 68.5 Å². The zero-order chi connectivity index (χ0) is 14.2. The van der Waals surface area contributed by atoms with Gasteiger partial charge < -0.3 is 10.6 Å². The van der Waals surface area contributed by atoms with E-state index in [4.69, 9.17) is 0 Å². The van der Waals surface area contributed by atoms with E-state index in [1.165, 1.54) is 13.5 Å². The lowest BCUT2D eigenvalue weighted by molar-refractivity contribution is 0.791. The predicted molar refractivity (Wildman–Crippen MR) is 109 cm³/mol. The first kappa shape index (κ1) is 18.9. The maximum absolute atomic E-state index is 4.24. The standard InChI is InChI=1S/C14H18BrN3S2.HI/c1-16-14(17-8-6-11-3-2-10-19-11)18-9-7-12-4-5-13(15)20-12;/h2-5,10H,6-9H2,1H3,(H2,16,17,18);1H. The third-order valence-electron chi connectivity index (χ3n) is 2.76. The average Bonchev–Trinajstić information content (AvgIpc) is 3.09. The lowest BCUT2D eigenvalue weighted by Crippen LogP contribution is -2.39. The van der Waals surface area contributed by atoms with Crippen molar-refractivity contribution in [3.05, 3.63) is 43.2 Å². The Kier molecular flexibility index (Phi) is 9.54. The summed E-state index contributed by atoms with van der Waals surface area (Å²) in [6.07, 6.45) is 2.05. The molecule has 7 heteroatoms. The molecule has 0 unspecified atom stereocenters. The summed E-state index contributed by atoms with van der Waals surface area (Å²) < 4.78 is 1.19. The van der Waals surface area contributed by atoms with E-state index in [-0.39, 0.29) is 24.0 Å². The summed E-state index contributed by atoms with van der Waals surface area (Å²) in [6, 6.07) is 8.50. The second-order valence-electron chi connectivity index (χ2n) is 4.21. The van der Waals surface area contributed by atoms with Crippen LogP contribution in [0.4, 0.5) is 0 Å². The molecule has 0 spiro atoms. The Morgan fingerprint density at radius 2 is 1.86 bits per heavy atom. The number of nitrogens with zero attached hydrogens (tertiary/aromatic N) is 1. The number of hydrogen-bond acceptors (Lipinski definition) is 3. The van der Waals surface area contributed by atoms with Gasteiger partial charge in [-0.15, -0.1) is 46.7 Å². The molecule has 0 bridgehead atoms. The molecule has 0 aliphatic rings. The molecule has 2 heterocycles. The molecule has 116 valence electrons. The molecule has 0 aliphatic heterocycles. The van der Waals surface area contributed by atoms with E-state index in [2.05, 4.69) is 61.2 Å². The third-order valence-corrected chi connectivity index (χ3v) is 5.38. The predicted octanol–water partition coefficient (Wildman–Crippen LogP) is 4.14. The SMILES string of the molecule is CN=C(NCCc1cccs1)NCCc1ccc(Br)s1.I. The van der Waals surface area contributed by atoms with Gasteiger partial charge in [-0.05, 0) is 52.4 Å². The fourth-order valence-electron chi connectivity index (χ4n) is 1.77. The van der Waals surface area contributed by atoms with Crippen LogP contribution in [0.15, 0.2) is 38.4 Å². The smallest absolute Gasteiger partial charge is 0.190 e. The lowest BCUT2D eigenvalue weighted by atomic mass is 10.3. The minimum absolute atomic E-state index is 0. The summed E-state index contributed by atoms with van der Waals surface area (Å²) in [4.78, 5) is 7.01. The van der Waals surface area contributed by atoms with Crippen LogP contribution in [0.2, 0.25) is 0 Å². The second kappa shape index (κ2) is 10.6. The highest BCUT2D eigenvalue weighted by atomic mass is 127. The highest BCUT2D eigenvalue weighted by Gasteiger charge is 2.00. The highest BCUT2D eigenvalue weighted by Crippen LogP contribution is 2.21. The molecular weight excluding hydrogens is 481 g/mol. The van der Waals surface area contributed by atoms with Crippen LogP contribution in [0.5, 0.6) is 0 Å². The molecule has 0 aliphatic carbocycles. The summed E-state index contributed by atoms with van der Waals surface area (Å²) in [5.41, 5.74) is 0. The van der Waals surface area contributed by atoms with Crippen molar-refractivity contribution in [2.24, 2.45) is 4.99 Å². The molecule has 0 saturated carbocycles. The van der Waals surface area contributed by atoms with Crippen molar-refractivity contribution in [3.63, 3.8) is 0 Å². The minimum Gasteiger partial charge on any atom is -0.356 e. The first-order valence-corrected chi connectivity index (χ1v) is 8.98. The van der Waals surface area contributed by atoms with Gasteiger partial charge in [-0.1, -0.05) is 6.07 Å². The van der Waals surface area contributed by atoms with Crippen LogP contribution in [-0.4, -0.2) is 26.1 Å². The number of thiophene rings is 2. The number of halogens is 2. The van der Waals surface area contributed by atoms with Crippen LogP contribution in [-0.2, 0) is 12.8 Å². The molecule has 0 aromatic carbocycles. The molecule has 2 N–H and O–H groups in total. The quantitative estimate of drug-likeness (QED) is 0.356. The van der Waals surface area contributed by atoms with E-state index in [0.29, 0.717) is 0 Å². The lowest BCUT2D eigenvalue weighted by Gasteiger charge is -2.10. The molecule has 0 radical (unpaired) electrons. The minimum atomic E-state index is 0. The Labute approximate surface area is 159 Å². The van der Waals surface area contributed by atoms with Gasteiger partial charge in [-0.3, -0.25) is 4.99 Å². The van der Waals surface area contributed by atoms with Crippen molar-refractivity contribution in [1.82, 2.24) is 10.6 Å². The zero-order valence-corrected chi connectivity index (χ0v) is 17.3. The maximum Gasteiger partial charge on any atom is 0.190 e. The molecular formula is C14H19BrIN3S2. The first-order chi connectivity index (χ1) is 9.78. The van der Waals surface area contributed by atoms with Crippen molar-refractivity contribution in [1.29, 1.82) is 0 Å². The van der Waals surface area contributed by atoms with Gasteiger partial charge in [-0.25, -0.2) is 0 Å². The van der Waals surface area contributed by atoms with Gasteiger partial charge in [0.2, 0.25) is 0 Å². The Hall–Kier alpha value is -0.120. The maximum atomic E-state index is 4.24. The van der Waals surface area contributed by atoms with Gasteiger partial charge in [0, 0.05) is 29.9 Å². The largest absolute Gasteiger partial charge is 0.356 e. The van der Waals surface area contributed by atoms with Gasteiger partial charge in [0.25, 0.3) is 0 Å². The Morgan fingerprint density at radius 1 is 1.14 bits per heavy atom. The number of nitrogens with one attached hydrogen (secondary N) is 2. The second-order valence-corrected chi connectivity index (χ2v) is 7.79. The topological polar surface area (TPSA) is 36.4 Å². The van der Waals surface area contributed by atoms with Gasteiger partial charge >= 0.3 is 0 Å². The Morgan fingerprint density at radius 3 is 2.38 bits per heavy atom. The van der Waals surface area contributed by atoms with Gasteiger partial charge in [0.1, 0.15) is 0 Å². The van der Waals surface area contributed by atoms with Crippen molar-refractivity contribution < 1.29 is 0 Å². The van der Waals surface area contributed by atoms with Crippen LogP contribution in [0.25, 0.3) is 0 Å². The van der Waals surface area contributed by atoms with Gasteiger partial charge in [-0.2, -0.15) is 0 Å². The monoisotopic (exact) mass is 499 g/mol. The Bertz CT molecular complexity index is 540. The summed E-state index contributed by atoms with van der Waals surface area (Å²) in [5.74, 6) is 0.872. The average molecular weight is 500 g/mol. The third kappa shape index (κ3) is 7.12.